The number of nitrogens with one attached hydrogen (secondary N) is 1. The Morgan fingerprint density at radius 2 is 2.46 bits per heavy atom. The van der Waals surface area contributed by atoms with E-state index in [1.54, 1.807) is 10.8 Å². The summed E-state index contributed by atoms with van der Waals surface area (Å²) in [7, 11) is 3.65. The third kappa shape index (κ3) is 1.84. The molecule has 0 aliphatic heterocycles. The second-order valence-corrected chi connectivity index (χ2v) is 5.23. The fourth-order valence-corrected chi connectivity index (χ4v) is 2.49. The Kier molecular flexibility index (Phi) is 2.80. The van der Waals surface area contributed by atoms with Gasteiger partial charge in [-0.05, 0) is 17.9 Å². The van der Waals surface area contributed by atoms with E-state index in [1.165, 1.54) is 10.9 Å². The molecule has 0 bridgehead atoms. The van der Waals surface area contributed by atoms with Crippen LogP contribution in [0.1, 0.15) is 5.56 Å². The number of aromatic amines is 1. The highest BCUT2D eigenvalue weighted by Gasteiger charge is 2.01. The third-order valence-electron chi connectivity index (χ3n) is 1.90. The Balaban J connectivity index is 2.35. The Labute approximate surface area is 84.9 Å². The molecule has 2 aromatic heterocycles. The molecule has 0 radical (unpaired) electrons. The maximum absolute atomic E-state index is 4.06. The van der Waals surface area contributed by atoms with Crippen molar-refractivity contribution in [3.63, 3.8) is 0 Å². The topological polar surface area (TPSA) is 28.7 Å². The molecule has 0 spiro atoms. The van der Waals surface area contributed by atoms with E-state index >= 15 is 0 Å². The van der Waals surface area contributed by atoms with Crippen LogP contribution in [-0.2, 0) is 5.75 Å². The number of fused-ring (bicyclic) bond motifs is 1. The monoisotopic (exact) mass is 210 g/mol. The summed E-state index contributed by atoms with van der Waals surface area (Å²) in [6, 6.07) is 2.06. The van der Waals surface area contributed by atoms with Crippen LogP contribution in [0.2, 0.25) is 0 Å². The molecule has 13 heavy (non-hydrogen) atoms. The van der Waals surface area contributed by atoms with Crippen LogP contribution in [0.4, 0.5) is 0 Å². The lowest BCUT2D eigenvalue weighted by molar-refractivity contribution is 1.34. The van der Waals surface area contributed by atoms with Crippen LogP contribution in [0.25, 0.3) is 10.9 Å². The van der Waals surface area contributed by atoms with Gasteiger partial charge in [-0.25, -0.2) is 0 Å². The second-order valence-electron chi connectivity index (χ2n) is 2.66. The van der Waals surface area contributed by atoms with Gasteiger partial charge >= 0.3 is 0 Å². The highest BCUT2D eigenvalue weighted by atomic mass is 33.1. The highest BCUT2D eigenvalue weighted by molar-refractivity contribution is 8.76. The van der Waals surface area contributed by atoms with Gasteiger partial charge in [-0.2, -0.15) is 0 Å². The number of H-pyrrole nitrogens is 1. The molecule has 0 fully saturated rings. The molecule has 0 aliphatic rings. The standard InChI is InChI=1S/C9H10N2S2/c1-12-13-6-7-4-11-9-5-10-3-2-8(7)9/h2-5,11H,6H2,1H3. The summed E-state index contributed by atoms with van der Waals surface area (Å²) in [5, 5.41) is 1.29. The van der Waals surface area contributed by atoms with Crippen molar-refractivity contribution in [3.8, 4) is 0 Å². The smallest absolute Gasteiger partial charge is 0.0643 e. The van der Waals surface area contributed by atoms with Crippen LogP contribution in [0.15, 0.2) is 24.7 Å². The van der Waals surface area contributed by atoms with Crippen LogP contribution in [0, 0.1) is 0 Å². The van der Waals surface area contributed by atoms with Gasteiger partial charge in [-0.15, -0.1) is 0 Å². The van der Waals surface area contributed by atoms with Gasteiger partial charge in [0.15, 0.2) is 0 Å². The Bertz CT molecular complexity index is 397. The summed E-state index contributed by atoms with van der Waals surface area (Å²) in [4.78, 5) is 7.28. The van der Waals surface area contributed by atoms with Gasteiger partial charge in [0.05, 0.1) is 11.7 Å². The molecule has 1 N–H and O–H groups in total. The molecule has 2 heterocycles. The molecule has 0 saturated heterocycles. The number of nitrogens with zero attached hydrogens (tertiary/aromatic N) is 1. The summed E-state index contributed by atoms with van der Waals surface area (Å²) in [5.74, 6) is 1.05. The normalized spacial score (nSPS) is 10.8. The molecule has 0 atom stereocenters. The predicted molar refractivity (Wildman–Crippen MR) is 60.9 cm³/mol. The molecule has 2 rings (SSSR count). The fraction of sp³-hybridized carbons (Fsp3) is 0.222. The van der Waals surface area contributed by atoms with Gasteiger partial charge in [0.2, 0.25) is 0 Å². The second kappa shape index (κ2) is 4.07. The van der Waals surface area contributed by atoms with Crippen LogP contribution < -0.4 is 0 Å². The molecule has 0 aromatic carbocycles. The minimum atomic E-state index is 1.05. The minimum absolute atomic E-state index is 1.05. The summed E-state index contributed by atoms with van der Waals surface area (Å²) in [6.07, 6.45) is 7.86. The number of rotatable bonds is 3. The van der Waals surface area contributed by atoms with Crippen molar-refractivity contribution in [1.29, 1.82) is 0 Å². The maximum atomic E-state index is 4.06. The van der Waals surface area contributed by atoms with E-state index in [0.717, 1.165) is 11.3 Å². The molecular weight excluding hydrogens is 200 g/mol. The average molecular weight is 210 g/mol. The van der Waals surface area contributed by atoms with Crippen LogP contribution in [0.3, 0.4) is 0 Å². The molecule has 0 saturated carbocycles. The maximum Gasteiger partial charge on any atom is 0.0643 e. The van der Waals surface area contributed by atoms with Crippen molar-refractivity contribution in [2.75, 3.05) is 6.26 Å². The fourth-order valence-electron chi connectivity index (χ4n) is 1.27. The molecule has 2 nitrogen and oxygen atoms in total. The van der Waals surface area contributed by atoms with E-state index in [-0.39, 0.29) is 0 Å². The SMILES string of the molecule is CSSCc1c[nH]c2cnccc12. The Hall–Kier alpha value is -0.610. The van der Waals surface area contributed by atoms with E-state index in [1.807, 2.05) is 23.2 Å². The van der Waals surface area contributed by atoms with Gasteiger partial charge in [0, 0.05) is 23.5 Å². The minimum Gasteiger partial charge on any atom is -0.360 e. The van der Waals surface area contributed by atoms with Gasteiger partial charge in [0.25, 0.3) is 0 Å². The van der Waals surface area contributed by atoms with Crippen LogP contribution in [-0.4, -0.2) is 16.2 Å². The van der Waals surface area contributed by atoms with Crippen LogP contribution >= 0.6 is 21.6 Å². The van der Waals surface area contributed by atoms with Crippen molar-refractivity contribution in [3.05, 3.63) is 30.2 Å². The van der Waals surface area contributed by atoms with Crippen molar-refractivity contribution in [2.24, 2.45) is 0 Å². The van der Waals surface area contributed by atoms with E-state index in [2.05, 4.69) is 28.5 Å². The zero-order valence-electron chi connectivity index (χ0n) is 7.28. The molecule has 4 heteroatoms. The molecule has 2 aromatic rings. The van der Waals surface area contributed by atoms with E-state index in [0.29, 0.717) is 0 Å². The first-order valence-corrected chi connectivity index (χ1v) is 6.70. The van der Waals surface area contributed by atoms with Gasteiger partial charge in [-0.3, -0.25) is 4.98 Å². The van der Waals surface area contributed by atoms with Gasteiger partial charge < -0.3 is 4.98 Å². The summed E-state index contributed by atoms with van der Waals surface area (Å²) in [6.45, 7) is 0. The summed E-state index contributed by atoms with van der Waals surface area (Å²) < 4.78 is 0. The zero-order chi connectivity index (χ0) is 9.10. The van der Waals surface area contributed by atoms with Gasteiger partial charge in [-0.1, -0.05) is 21.6 Å². The Morgan fingerprint density at radius 1 is 1.54 bits per heavy atom. The zero-order valence-corrected chi connectivity index (χ0v) is 8.91. The number of aromatic nitrogens is 2. The highest BCUT2D eigenvalue weighted by Crippen LogP contribution is 2.26. The van der Waals surface area contributed by atoms with Crippen molar-refractivity contribution >= 4 is 32.5 Å². The lowest BCUT2D eigenvalue weighted by Gasteiger charge is -1.95. The summed E-state index contributed by atoms with van der Waals surface area (Å²) in [5.41, 5.74) is 2.48. The predicted octanol–water partition coefficient (Wildman–Crippen LogP) is 3.07. The molecule has 68 valence electrons. The van der Waals surface area contributed by atoms with E-state index in [4.69, 9.17) is 0 Å². The quantitative estimate of drug-likeness (QED) is 0.789. The molecule has 0 amide bonds. The number of pyridine rings is 1. The lowest BCUT2D eigenvalue weighted by Crippen LogP contribution is -1.75. The Morgan fingerprint density at radius 3 is 3.31 bits per heavy atom. The molecule has 0 aliphatic carbocycles. The molecule has 0 unspecified atom stereocenters. The first-order chi connectivity index (χ1) is 6.42. The first kappa shape index (κ1) is 8.97. The molecular formula is C9H10N2S2. The van der Waals surface area contributed by atoms with Crippen LogP contribution in [0.5, 0.6) is 0 Å². The number of hydrogen-bond acceptors (Lipinski definition) is 3. The van der Waals surface area contributed by atoms with Crippen molar-refractivity contribution in [1.82, 2.24) is 9.97 Å². The largest absolute Gasteiger partial charge is 0.360 e. The van der Waals surface area contributed by atoms with E-state index in [9.17, 15) is 0 Å². The first-order valence-electron chi connectivity index (χ1n) is 3.97. The van der Waals surface area contributed by atoms with Crippen molar-refractivity contribution < 1.29 is 0 Å². The lowest BCUT2D eigenvalue weighted by atomic mass is 10.2. The van der Waals surface area contributed by atoms with Crippen molar-refractivity contribution in [2.45, 2.75) is 5.75 Å². The summed E-state index contributed by atoms with van der Waals surface area (Å²) >= 11 is 0. The van der Waals surface area contributed by atoms with E-state index < -0.39 is 0 Å². The number of hydrogen-bond donors (Lipinski definition) is 1. The average Bonchev–Trinajstić information content (AvgIpc) is 2.58. The third-order valence-corrected chi connectivity index (χ3v) is 3.63. The van der Waals surface area contributed by atoms with Gasteiger partial charge in [0.1, 0.15) is 0 Å².